The van der Waals surface area contributed by atoms with Gasteiger partial charge in [-0.3, -0.25) is 0 Å². The van der Waals surface area contributed by atoms with Crippen molar-refractivity contribution in [1.29, 1.82) is 0 Å². The Morgan fingerprint density at radius 2 is 0.871 bits per heavy atom. The average Bonchev–Trinajstić information content (AvgIpc) is 4.15. The topological polar surface area (TPSA) is 0 Å². The Morgan fingerprint density at radius 1 is 0.435 bits per heavy atom. The lowest BCUT2D eigenvalue weighted by Crippen LogP contribution is -2.46. The highest BCUT2D eigenvalue weighted by atomic mass is 32.1. The van der Waals surface area contributed by atoms with Crippen molar-refractivity contribution in [2.24, 2.45) is 0 Å². The minimum Gasteiger partial charge on any atom is -0.139 e. The van der Waals surface area contributed by atoms with E-state index in [4.69, 9.17) is 0 Å². The van der Waals surface area contributed by atoms with Gasteiger partial charge in [0.2, 0.25) is 0 Å². The van der Waals surface area contributed by atoms with Crippen molar-refractivity contribution in [2.75, 3.05) is 0 Å². The van der Waals surface area contributed by atoms with Gasteiger partial charge in [-0.15, -0.1) is 56.7 Å². The van der Waals surface area contributed by atoms with Crippen molar-refractivity contribution in [3.05, 3.63) is 128 Å². The van der Waals surface area contributed by atoms with E-state index in [1.54, 1.807) is 0 Å². The molecule has 326 valence electrons. The van der Waals surface area contributed by atoms with E-state index >= 15 is 0 Å². The quantitative estimate of drug-likeness (QED) is 0.0961. The smallest absolute Gasteiger partial charge is 0.0481 e. The molecule has 0 saturated heterocycles. The van der Waals surface area contributed by atoms with E-state index in [-0.39, 0.29) is 27.1 Å². The summed E-state index contributed by atoms with van der Waals surface area (Å²) in [6, 6.07) is 34.0. The molecule has 2 aromatic carbocycles. The molecule has 1 aliphatic rings. The first-order valence-electron chi connectivity index (χ1n) is 23.3. The van der Waals surface area contributed by atoms with E-state index in [1.807, 2.05) is 56.7 Å². The molecule has 1 unspecified atom stereocenters. The summed E-state index contributed by atoms with van der Waals surface area (Å²) in [6.45, 7) is 33.6. The Balaban J connectivity index is 1.08. The van der Waals surface area contributed by atoms with E-state index in [9.17, 15) is 0 Å². The van der Waals surface area contributed by atoms with E-state index in [1.165, 1.54) is 93.3 Å². The van der Waals surface area contributed by atoms with E-state index in [2.05, 4.69) is 182 Å². The van der Waals surface area contributed by atoms with Gasteiger partial charge in [0.25, 0.3) is 0 Å². The molecule has 0 aliphatic heterocycles. The van der Waals surface area contributed by atoms with Gasteiger partial charge in [-0.05, 0) is 156 Å². The van der Waals surface area contributed by atoms with Crippen molar-refractivity contribution in [3.8, 4) is 50.1 Å². The highest BCUT2D eigenvalue weighted by molar-refractivity contribution is 7.30. The molecule has 7 aromatic rings. The van der Waals surface area contributed by atoms with Crippen LogP contribution in [0.3, 0.4) is 0 Å². The largest absolute Gasteiger partial charge is 0.139 e. The summed E-state index contributed by atoms with van der Waals surface area (Å²) < 4.78 is 0. The molecule has 0 saturated carbocycles. The Morgan fingerprint density at radius 3 is 1.35 bits per heavy atom. The zero-order valence-corrected chi connectivity index (χ0v) is 43.9. The molecule has 0 nitrogen and oxygen atoms in total. The minimum absolute atomic E-state index is 0.0000743. The summed E-state index contributed by atoms with van der Waals surface area (Å²) in [5.74, 6) is 0. The van der Waals surface area contributed by atoms with E-state index in [0.29, 0.717) is 0 Å². The number of thiophene rings is 5. The second-order valence-corrected chi connectivity index (χ2v) is 25.1. The Hall–Kier alpha value is -3.06. The zero-order chi connectivity index (χ0) is 44.6. The Kier molecular flexibility index (Phi) is 12.3. The van der Waals surface area contributed by atoms with Crippen molar-refractivity contribution in [3.63, 3.8) is 0 Å². The normalized spacial score (nSPS) is 14.9. The molecule has 0 spiro atoms. The molecular formula is C57H68S5. The van der Waals surface area contributed by atoms with Crippen molar-refractivity contribution >= 4 is 56.7 Å². The molecule has 5 heteroatoms. The van der Waals surface area contributed by atoms with Gasteiger partial charge in [-0.2, -0.15) is 0 Å². The maximum absolute atomic E-state index is 2.64. The number of benzene rings is 2. The van der Waals surface area contributed by atoms with Crippen LogP contribution < -0.4 is 0 Å². The summed E-state index contributed by atoms with van der Waals surface area (Å²) in [6.07, 6.45) is 6.75. The van der Waals surface area contributed by atoms with Crippen LogP contribution in [0.2, 0.25) is 0 Å². The van der Waals surface area contributed by atoms with Crippen molar-refractivity contribution < 1.29 is 0 Å². The van der Waals surface area contributed by atoms with Gasteiger partial charge >= 0.3 is 0 Å². The predicted octanol–water partition coefficient (Wildman–Crippen LogP) is 19.8. The van der Waals surface area contributed by atoms with Gasteiger partial charge in [-0.1, -0.05) is 119 Å². The van der Waals surface area contributed by atoms with Crippen LogP contribution in [0, 0.1) is 13.8 Å². The van der Waals surface area contributed by atoms with Gasteiger partial charge in [-0.25, -0.2) is 0 Å². The first kappa shape index (κ1) is 45.5. The molecule has 0 fully saturated rings. The lowest BCUT2D eigenvalue weighted by atomic mass is 9.56. The number of hydrogen-bond acceptors (Lipinski definition) is 5. The molecule has 1 atom stereocenters. The highest BCUT2D eigenvalue weighted by Gasteiger charge is 2.49. The maximum atomic E-state index is 2.64. The van der Waals surface area contributed by atoms with Crippen LogP contribution in [0.15, 0.2) is 84.9 Å². The fourth-order valence-corrected chi connectivity index (χ4v) is 16.9. The van der Waals surface area contributed by atoms with E-state index < -0.39 is 0 Å². The summed E-state index contributed by atoms with van der Waals surface area (Å²) in [7, 11) is 0. The summed E-state index contributed by atoms with van der Waals surface area (Å²) in [4.78, 5) is 14.1. The fourth-order valence-electron chi connectivity index (χ4n) is 10.6. The molecule has 0 bridgehead atoms. The van der Waals surface area contributed by atoms with Crippen LogP contribution in [-0.2, 0) is 27.1 Å². The second kappa shape index (κ2) is 16.7. The Bertz CT molecular complexity index is 2720. The van der Waals surface area contributed by atoms with Crippen LogP contribution in [0.5, 0.6) is 0 Å². The Labute approximate surface area is 394 Å². The summed E-state index contributed by atoms with van der Waals surface area (Å²) in [5.41, 5.74) is 12.0. The van der Waals surface area contributed by atoms with Crippen molar-refractivity contribution in [2.45, 2.75) is 163 Å². The van der Waals surface area contributed by atoms with Gasteiger partial charge in [0.1, 0.15) is 0 Å². The van der Waals surface area contributed by atoms with Gasteiger partial charge in [0, 0.05) is 65.0 Å². The fraction of sp³-hybridized carbons (Fsp3) is 0.439. The minimum atomic E-state index is -0.0465. The standard InChI is InChI=1S/C57H68S5/c1-15-53(9,10)49-31-29-45(60-49)43-25-27-47(58-43)51-35(7)36(8)52(62-51)48-28-26-44(59-48)46-30-32-50(61-46)56(14,18-4)57(19-5,20-6)38-22-24-40-39-23-21-37(55(13,16-2)17-3)33-41(39)54(11,12)42(40)34-38/h21-34H,15-20H2,1-14H3. The first-order valence-corrected chi connectivity index (χ1v) is 27.4. The van der Waals surface area contributed by atoms with Gasteiger partial charge < -0.3 is 0 Å². The first-order chi connectivity index (χ1) is 29.4. The molecule has 5 aromatic heterocycles. The SMILES string of the molecule is CCC(C)(C)c1ccc(-c2ccc(-c3sc(-c4ccc(-c5ccc(C(C)(CC)C(CC)(CC)c6ccc7c(c6)C(C)(C)c6cc(C(C)(CC)CC)ccc6-7)s5)s4)c(C)c3C)s2)s1. The van der Waals surface area contributed by atoms with Crippen molar-refractivity contribution in [1.82, 2.24) is 0 Å². The third kappa shape index (κ3) is 7.14. The molecule has 1 aliphatic carbocycles. The highest BCUT2D eigenvalue weighted by Crippen LogP contribution is 2.57. The average molecular weight is 914 g/mol. The molecule has 0 radical (unpaired) electrons. The van der Waals surface area contributed by atoms with Gasteiger partial charge in [0.05, 0.1) is 0 Å². The van der Waals surface area contributed by atoms with E-state index in [0.717, 1.165) is 38.5 Å². The predicted molar refractivity (Wildman–Crippen MR) is 282 cm³/mol. The second-order valence-electron chi connectivity index (χ2n) is 19.8. The maximum Gasteiger partial charge on any atom is 0.0481 e. The van der Waals surface area contributed by atoms with Crippen LogP contribution in [-0.4, -0.2) is 0 Å². The lowest BCUT2D eigenvalue weighted by Gasteiger charge is -2.49. The third-order valence-corrected chi connectivity index (χ3v) is 23.5. The zero-order valence-electron chi connectivity index (χ0n) is 39.9. The monoisotopic (exact) mass is 912 g/mol. The summed E-state index contributed by atoms with van der Waals surface area (Å²) >= 11 is 9.88. The number of rotatable bonds is 15. The molecule has 62 heavy (non-hydrogen) atoms. The molecule has 0 N–H and O–H groups in total. The molecule has 8 rings (SSSR count). The van der Waals surface area contributed by atoms with Crippen LogP contribution >= 0.6 is 56.7 Å². The lowest BCUT2D eigenvalue weighted by molar-refractivity contribution is 0.208. The molecular weight excluding hydrogens is 845 g/mol. The van der Waals surface area contributed by atoms with Crippen LogP contribution in [0.25, 0.3) is 50.1 Å². The third-order valence-electron chi connectivity index (χ3n) is 16.4. The molecule has 5 heterocycles. The number of hydrogen-bond donors (Lipinski definition) is 0. The van der Waals surface area contributed by atoms with Crippen LogP contribution in [0.1, 0.15) is 165 Å². The van der Waals surface area contributed by atoms with Gasteiger partial charge in [0.15, 0.2) is 0 Å². The summed E-state index contributed by atoms with van der Waals surface area (Å²) in [5, 5.41) is 0. The molecule has 0 amide bonds. The number of fused-ring (bicyclic) bond motifs is 3. The van der Waals surface area contributed by atoms with Crippen LogP contribution in [0.4, 0.5) is 0 Å².